The predicted octanol–water partition coefficient (Wildman–Crippen LogP) is 0.259. The lowest BCUT2D eigenvalue weighted by Gasteiger charge is -2.33. The van der Waals surface area contributed by atoms with Crippen molar-refractivity contribution in [2.45, 2.75) is 37.5 Å². The van der Waals surface area contributed by atoms with Gasteiger partial charge in [0.1, 0.15) is 5.82 Å². The Morgan fingerprint density at radius 2 is 2.07 bits per heavy atom. The number of nitrogens with two attached hydrogens (primary N) is 1. The SMILES string of the molecule is NCC1(c2n[nH]c(=O)[nH]2)CCCCC1. The highest BCUT2D eigenvalue weighted by Crippen LogP contribution is 2.36. The normalized spacial score (nSPS) is 20.9. The second-order valence-corrected chi connectivity index (χ2v) is 4.07. The molecule has 0 aliphatic heterocycles. The lowest BCUT2D eigenvalue weighted by Crippen LogP contribution is -2.38. The number of hydrogen-bond acceptors (Lipinski definition) is 3. The summed E-state index contributed by atoms with van der Waals surface area (Å²) >= 11 is 0. The average Bonchev–Trinajstić information content (AvgIpc) is 2.66. The van der Waals surface area contributed by atoms with E-state index in [9.17, 15) is 4.79 Å². The van der Waals surface area contributed by atoms with Gasteiger partial charge in [0, 0.05) is 12.0 Å². The van der Waals surface area contributed by atoms with Gasteiger partial charge < -0.3 is 5.73 Å². The van der Waals surface area contributed by atoms with Crippen molar-refractivity contribution in [1.29, 1.82) is 0 Å². The summed E-state index contributed by atoms with van der Waals surface area (Å²) in [6.07, 6.45) is 5.67. The van der Waals surface area contributed by atoms with Gasteiger partial charge in [-0.1, -0.05) is 19.3 Å². The quantitative estimate of drug-likeness (QED) is 0.634. The summed E-state index contributed by atoms with van der Waals surface area (Å²) in [6.45, 7) is 0.563. The molecular formula is C9H16N4O. The molecule has 1 aromatic rings. The fourth-order valence-corrected chi connectivity index (χ4v) is 2.29. The summed E-state index contributed by atoms with van der Waals surface area (Å²) in [4.78, 5) is 13.7. The first-order chi connectivity index (χ1) is 6.77. The van der Waals surface area contributed by atoms with E-state index in [1.165, 1.54) is 19.3 Å². The van der Waals surface area contributed by atoms with E-state index < -0.39 is 0 Å². The minimum Gasteiger partial charge on any atom is -0.329 e. The van der Waals surface area contributed by atoms with Crippen LogP contribution in [0.2, 0.25) is 0 Å². The lowest BCUT2D eigenvalue weighted by molar-refractivity contribution is 0.286. The fourth-order valence-electron chi connectivity index (χ4n) is 2.29. The Bertz CT molecular complexity index is 348. The lowest BCUT2D eigenvalue weighted by atomic mass is 9.73. The average molecular weight is 196 g/mol. The second-order valence-electron chi connectivity index (χ2n) is 4.07. The maximum Gasteiger partial charge on any atom is 0.340 e. The molecule has 78 valence electrons. The van der Waals surface area contributed by atoms with E-state index in [0.29, 0.717) is 6.54 Å². The van der Waals surface area contributed by atoms with Crippen molar-refractivity contribution in [3.05, 3.63) is 16.3 Å². The zero-order valence-electron chi connectivity index (χ0n) is 8.18. The number of hydrogen-bond donors (Lipinski definition) is 3. The maximum atomic E-state index is 11.0. The van der Waals surface area contributed by atoms with E-state index in [1.807, 2.05) is 0 Å². The van der Waals surface area contributed by atoms with Crippen molar-refractivity contribution >= 4 is 0 Å². The molecule has 0 saturated heterocycles. The van der Waals surface area contributed by atoms with Gasteiger partial charge >= 0.3 is 5.69 Å². The van der Waals surface area contributed by atoms with Crippen molar-refractivity contribution in [1.82, 2.24) is 15.2 Å². The van der Waals surface area contributed by atoms with E-state index >= 15 is 0 Å². The van der Waals surface area contributed by atoms with Crippen LogP contribution in [0.1, 0.15) is 37.9 Å². The Labute approximate surface area is 82.1 Å². The Kier molecular flexibility index (Phi) is 2.41. The van der Waals surface area contributed by atoms with Crippen LogP contribution in [0.3, 0.4) is 0 Å². The molecule has 1 heterocycles. The molecule has 5 heteroatoms. The van der Waals surface area contributed by atoms with Crippen LogP contribution in [0.25, 0.3) is 0 Å². The van der Waals surface area contributed by atoms with Gasteiger partial charge in [0.15, 0.2) is 0 Å². The number of nitrogens with one attached hydrogen (secondary N) is 2. The molecule has 5 nitrogen and oxygen atoms in total. The van der Waals surface area contributed by atoms with Crippen molar-refractivity contribution < 1.29 is 0 Å². The van der Waals surface area contributed by atoms with Crippen LogP contribution in [0, 0.1) is 0 Å². The first-order valence-corrected chi connectivity index (χ1v) is 5.12. The first-order valence-electron chi connectivity index (χ1n) is 5.12. The molecule has 0 atom stereocenters. The van der Waals surface area contributed by atoms with Gasteiger partial charge in [-0.15, -0.1) is 0 Å². The molecule has 1 aliphatic rings. The summed E-state index contributed by atoms with van der Waals surface area (Å²) in [7, 11) is 0. The summed E-state index contributed by atoms with van der Waals surface area (Å²) in [6, 6.07) is 0. The van der Waals surface area contributed by atoms with Crippen molar-refractivity contribution in [2.75, 3.05) is 6.54 Å². The second kappa shape index (κ2) is 3.57. The summed E-state index contributed by atoms with van der Waals surface area (Å²) in [5, 5.41) is 6.42. The molecule has 0 amide bonds. The van der Waals surface area contributed by atoms with Crippen LogP contribution in [-0.4, -0.2) is 21.7 Å². The molecule has 1 saturated carbocycles. The summed E-state index contributed by atoms with van der Waals surface area (Å²) in [5.74, 6) is 0.740. The largest absolute Gasteiger partial charge is 0.340 e. The molecule has 0 aromatic carbocycles. The van der Waals surface area contributed by atoms with Crippen LogP contribution < -0.4 is 11.4 Å². The van der Waals surface area contributed by atoms with Crippen LogP contribution in [0.5, 0.6) is 0 Å². The first kappa shape index (κ1) is 9.45. The number of H-pyrrole nitrogens is 2. The predicted molar refractivity (Wildman–Crippen MR) is 53.0 cm³/mol. The number of nitrogens with zero attached hydrogens (tertiary/aromatic N) is 1. The molecule has 1 fully saturated rings. The van der Waals surface area contributed by atoms with Crippen LogP contribution in [0.4, 0.5) is 0 Å². The van der Waals surface area contributed by atoms with Gasteiger partial charge in [-0.2, -0.15) is 5.10 Å². The van der Waals surface area contributed by atoms with E-state index in [2.05, 4.69) is 15.2 Å². The molecule has 0 radical (unpaired) electrons. The van der Waals surface area contributed by atoms with Gasteiger partial charge in [-0.25, -0.2) is 9.89 Å². The third-order valence-electron chi connectivity index (χ3n) is 3.20. The van der Waals surface area contributed by atoms with E-state index in [4.69, 9.17) is 5.73 Å². The van der Waals surface area contributed by atoms with Crippen LogP contribution in [0.15, 0.2) is 4.79 Å². The highest BCUT2D eigenvalue weighted by atomic mass is 16.1. The Hall–Kier alpha value is -1.10. The van der Waals surface area contributed by atoms with Crippen LogP contribution >= 0.6 is 0 Å². The van der Waals surface area contributed by atoms with E-state index in [1.54, 1.807) is 0 Å². The monoisotopic (exact) mass is 196 g/mol. The third kappa shape index (κ3) is 1.48. The summed E-state index contributed by atoms with van der Waals surface area (Å²) in [5.41, 5.74) is 5.48. The highest BCUT2D eigenvalue weighted by molar-refractivity contribution is 5.08. The van der Waals surface area contributed by atoms with E-state index in [-0.39, 0.29) is 11.1 Å². The van der Waals surface area contributed by atoms with Gasteiger partial charge in [-0.3, -0.25) is 4.98 Å². The topological polar surface area (TPSA) is 87.6 Å². The summed E-state index contributed by atoms with van der Waals surface area (Å²) < 4.78 is 0. The zero-order valence-corrected chi connectivity index (χ0v) is 8.18. The smallest absolute Gasteiger partial charge is 0.329 e. The number of aromatic nitrogens is 3. The molecule has 1 aromatic heterocycles. The molecule has 14 heavy (non-hydrogen) atoms. The molecule has 0 unspecified atom stereocenters. The number of rotatable bonds is 2. The van der Waals surface area contributed by atoms with Gasteiger partial charge in [-0.05, 0) is 12.8 Å². The minimum absolute atomic E-state index is 0.0859. The zero-order chi connectivity index (χ0) is 10.0. The fraction of sp³-hybridized carbons (Fsp3) is 0.778. The Balaban J connectivity index is 2.31. The van der Waals surface area contributed by atoms with Crippen molar-refractivity contribution in [2.24, 2.45) is 5.73 Å². The maximum absolute atomic E-state index is 11.0. The molecule has 2 rings (SSSR count). The molecule has 0 spiro atoms. The molecule has 1 aliphatic carbocycles. The van der Waals surface area contributed by atoms with Crippen molar-refractivity contribution in [3.63, 3.8) is 0 Å². The van der Waals surface area contributed by atoms with Crippen LogP contribution in [-0.2, 0) is 5.41 Å². The molecule has 0 bridgehead atoms. The van der Waals surface area contributed by atoms with E-state index in [0.717, 1.165) is 18.7 Å². The number of aromatic amines is 2. The Morgan fingerprint density at radius 3 is 2.57 bits per heavy atom. The molecule has 4 N–H and O–H groups in total. The third-order valence-corrected chi connectivity index (χ3v) is 3.20. The van der Waals surface area contributed by atoms with Crippen molar-refractivity contribution in [3.8, 4) is 0 Å². The Morgan fingerprint density at radius 1 is 1.36 bits per heavy atom. The molecular weight excluding hydrogens is 180 g/mol. The standard InChI is InChI=1S/C9H16N4O/c10-6-9(4-2-1-3-5-9)7-11-8(14)13-12-7/h1-6,10H2,(H2,11,12,13,14). The highest BCUT2D eigenvalue weighted by Gasteiger charge is 2.35. The van der Waals surface area contributed by atoms with Gasteiger partial charge in [0.05, 0.1) is 0 Å². The van der Waals surface area contributed by atoms with Gasteiger partial charge in [0.2, 0.25) is 0 Å². The van der Waals surface area contributed by atoms with Gasteiger partial charge in [0.25, 0.3) is 0 Å². The minimum atomic E-state index is -0.238.